The van der Waals surface area contributed by atoms with Crippen molar-refractivity contribution in [3.05, 3.63) is 27.3 Å². The van der Waals surface area contributed by atoms with Crippen molar-refractivity contribution in [2.75, 3.05) is 6.54 Å². The first-order valence-electron chi connectivity index (χ1n) is 6.57. The molecule has 1 N–H and O–H groups in total. The van der Waals surface area contributed by atoms with Crippen LogP contribution in [-0.2, 0) is 9.59 Å². The van der Waals surface area contributed by atoms with Gasteiger partial charge in [-0.3, -0.25) is 14.5 Å². The van der Waals surface area contributed by atoms with E-state index in [1.807, 2.05) is 22.9 Å². The molecule has 7 heteroatoms. The fraction of sp³-hybridized carbons (Fsp3) is 0.357. The monoisotopic (exact) mass is 341 g/mol. The predicted molar refractivity (Wildman–Crippen MR) is 90.3 cm³/mol. The molecule has 1 saturated heterocycles. The van der Waals surface area contributed by atoms with Gasteiger partial charge in [0.15, 0.2) is 0 Å². The van der Waals surface area contributed by atoms with Gasteiger partial charge in [0, 0.05) is 13.0 Å². The summed E-state index contributed by atoms with van der Waals surface area (Å²) in [4.78, 5) is 25.0. The van der Waals surface area contributed by atoms with E-state index in [-0.39, 0.29) is 12.3 Å². The molecule has 0 aliphatic carbocycles. The van der Waals surface area contributed by atoms with Crippen LogP contribution >= 0.6 is 35.3 Å². The van der Waals surface area contributed by atoms with Gasteiger partial charge < -0.3 is 5.11 Å². The SMILES string of the molecule is O=C(O)CCCCCN1C(=O)/C(=C\c2ccsc2)SC1=S. The fourth-order valence-electron chi connectivity index (χ4n) is 1.92. The van der Waals surface area contributed by atoms with E-state index >= 15 is 0 Å². The zero-order valence-corrected chi connectivity index (χ0v) is 13.7. The first-order chi connectivity index (χ1) is 10.1. The molecule has 4 nitrogen and oxygen atoms in total. The summed E-state index contributed by atoms with van der Waals surface area (Å²) < 4.78 is 0.583. The highest BCUT2D eigenvalue weighted by Crippen LogP contribution is 2.33. The van der Waals surface area contributed by atoms with E-state index in [2.05, 4.69) is 0 Å². The van der Waals surface area contributed by atoms with Crippen LogP contribution in [0.1, 0.15) is 31.2 Å². The summed E-state index contributed by atoms with van der Waals surface area (Å²) in [6.45, 7) is 0.561. The number of nitrogens with zero attached hydrogens (tertiary/aromatic N) is 1. The summed E-state index contributed by atoms with van der Waals surface area (Å²) in [5.74, 6) is -0.825. The third-order valence-electron chi connectivity index (χ3n) is 2.99. The topological polar surface area (TPSA) is 57.6 Å². The van der Waals surface area contributed by atoms with Crippen LogP contribution in [0, 0.1) is 0 Å². The molecule has 1 aliphatic heterocycles. The van der Waals surface area contributed by atoms with Gasteiger partial charge in [-0.25, -0.2) is 0 Å². The maximum atomic E-state index is 12.3. The zero-order valence-electron chi connectivity index (χ0n) is 11.3. The Labute approximate surface area is 136 Å². The van der Waals surface area contributed by atoms with Gasteiger partial charge in [-0.15, -0.1) is 0 Å². The largest absolute Gasteiger partial charge is 0.481 e. The smallest absolute Gasteiger partial charge is 0.303 e. The molecule has 112 valence electrons. The number of aliphatic carboxylic acids is 1. The number of hydrogen-bond donors (Lipinski definition) is 1. The molecule has 2 heterocycles. The molecular weight excluding hydrogens is 326 g/mol. The lowest BCUT2D eigenvalue weighted by atomic mass is 10.2. The molecule has 1 aromatic heterocycles. The predicted octanol–water partition coefficient (Wildman–Crippen LogP) is 3.59. The van der Waals surface area contributed by atoms with Crippen LogP contribution in [0.5, 0.6) is 0 Å². The number of thiophene rings is 1. The van der Waals surface area contributed by atoms with Crippen molar-refractivity contribution >= 4 is 57.6 Å². The highest BCUT2D eigenvalue weighted by Gasteiger charge is 2.31. The van der Waals surface area contributed by atoms with Crippen molar-refractivity contribution in [3.8, 4) is 0 Å². The molecule has 0 unspecified atom stereocenters. The van der Waals surface area contributed by atoms with Gasteiger partial charge >= 0.3 is 5.97 Å². The van der Waals surface area contributed by atoms with E-state index in [0.29, 0.717) is 22.2 Å². The quantitative estimate of drug-likeness (QED) is 0.466. The third kappa shape index (κ3) is 4.66. The highest BCUT2D eigenvalue weighted by atomic mass is 32.2. The van der Waals surface area contributed by atoms with Crippen molar-refractivity contribution in [2.45, 2.75) is 25.7 Å². The molecule has 0 saturated carbocycles. The second kappa shape index (κ2) is 7.72. The fourth-order valence-corrected chi connectivity index (χ4v) is 3.85. The molecule has 0 aromatic carbocycles. The molecule has 1 amide bonds. The van der Waals surface area contributed by atoms with Gasteiger partial charge in [0.05, 0.1) is 4.91 Å². The number of carbonyl (C=O) groups is 2. The Morgan fingerprint density at radius 2 is 2.19 bits per heavy atom. The number of hydrogen-bond acceptors (Lipinski definition) is 5. The Morgan fingerprint density at radius 1 is 1.38 bits per heavy atom. The van der Waals surface area contributed by atoms with Crippen molar-refractivity contribution in [1.29, 1.82) is 0 Å². The van der Waals surface area contributed by atoms with E-state index in [1.54, 1.807) is 16.2 Å². The number of thiocarbonyl (C=S) groups is 1. The van der Waals surface area contributed by atoms with Crippen LogP contribution in [-0.4, -0.2) is 32.7 Å². The summed E-state index contributed by atoms with van der Waals surface area (Å²) in [5.41, 5.74) is 1.02. The number of thioether (sulfide) groups is 1. The van der Waals surface area contributed by atoms with Crippen LogP contribution < -0.4 is 0 Å². The van der Waals surface area contributed by atoms with Gasteiger partial charge in [-0.05, 0) is 41.3 Å². The summed E-state index contributed by atoms with van der Waals surface area (Å²) in [5, 5.41) is 12.5. The molecule has 21 heavy (non-hydrogen) atoms. The lowest BCUT2D eigenvalue weighted by Crippen LogP contribution is -2.29. The second-order valence-corrected chi connectivity index (χ2v) is 7.05. The zero-order chi connectivity index (χ0) is 15.2. The van der Waals surface area contributed by atoms with Gasteiger partial charge in [0.2, 0.25) is 0 Å². The molecule has 1 fully saturated rings. The first-order valence-corrected chi connectivity index (χ1v) is 8.74. The van der Waals surface area contributed by atoms with E-state index < -0.39 is 5.97 Å². The number of carboxylic acids is 1. The van der Waals surface area contributed by atoms with Crippen LogP contribution in [0.4, 0.5) is 0 Å². The Kier molecular flexibility index (Phi) is 5.96. The number of carbonyl (C=O) groups excluding carboxylic acids is 1. The molecule has 0 spiro atoms. The third-order valence-corrected chi connectivity index (χ3v) is 5.07. The van der Waals surface area contributed by atoms with E-state index in [4.69, 9.17) is 17.3 Å². The highest BCUT2D eigenvalue weighted by molar-refractivity contribution is 8.26. The number of rotatable bonds is 7. The summed E-state index contributed by atoms with van der Waals surface area (Å²) in [6.07, 6.45) is 4.23. The Balaban J connectivity index is 1.86. The average Bonchev–Trinajstić information content (AvgIpc) is 3.01. The van der Waals surface area contributed by atoms with E-state index in [1.165, 1.54) is 11.8 Å². The van der Waals surface area contributed by atoms with Crippen LogP contribution in [0.15, 0.2) is 21.7 Å². The maximum absolute atomic E-state index is 12.3. The Morgan fingerprint density at radius 3 is 2.86 bits per heavy atom. The van der Waals surface area contributed by atoms with Crippen molar-refractivity contribution < 1.29 is 14.7 Å². The van der Waals surface area contributed by atoms with Crippen LogP contribution in [0.25, 0.3) is 6.08 Å². The Hall–Kier alpha value is -1.18. The van der Waals surface area contributed by atoms with Crippen molar-refractivity contribution in [2.24, 2.45) is 0 Å². The van der Waals surface area contributed by atoms with Gasteiger partial charge in [-0.1, -0.05) is 30.4 Å². The minimum atomic E-state index is -0.778. The molecule has 2 rings (SSSR count). The Bertz CT molecular complexity index is 566. The minimum Gasteiger partial charge on any atom is -0.481 e. The van der Waals surface area contributed by atoms with Crippen molar-refractivity contribution in [3.63, 3.8) is 0 Å². The first kappa shape index (κ1) is 16.2. The van der Waals surface area contributed by atoms with Crippen LogP contribution in [0.2, 0.25) is 0 Å². The average molecular weight is 341 g/mol. The summed E-state index contributed by atoms with van der Waals surface area (Å²) in [6, 6.07) is 1.96. The van der Waals surface area contributed by atoms with Gasteiger partial charge in [0.25, 0.3) is 5.91 Å². The molecule has 1 aromatic rings. The van der Waals surface area contributed by atoms with Crippen LogP contribution in [0.3, 0.4) is 0 Å². The molecule has 0 atom stereocenters. The minimum absolute atomic E-state index is 0.0468. The normalized spacial score (nSPS) is 17.0. The molecular formula is C14H15NO3S3. The number of unbranched alkanes of at least 4 members (excludes halogenated alkanes) is 2. The summed E-state index contributed by atoms with van der Waals surface area (Å²) in [7, 11) is 0. The van der Waals surface area contributed by atoms with E-state index in [9.17, 15) is 9.59 Å². The molecule has 1 aliphatic rings. The standard InChI is InChI=1S/C14H15NO3S3/c16-12(17)4-2-1-3-6-15-13(18)11(21-14(15)19)8-10-5-7-20-9-10/h5,7-9H,1-4,6H2,(H,16,17)/b11-8+. The van der Waals surface area contributed by atoms with E-state index in [0.717, 1.165) is 18.4 Å². The number of carboxylic acid groups (broad SMARTS) is 1. The van der Waals surface area contributed by atoms with Gasteiger partial charge in [0.1, 0.15) is 4.32 Å². The lowest BCUT2D eigenvalue weighted by molar-refractivity contribution is -0.137. The second-order valence-electron chi connectivity index (χ2n) is 4.59. The maximum Gasteiger partial charge on any atom is 0.303 e. The van der Waals surface area contributed by atoms with Gasteiger partial charge in [-0.2, -0.15) is 11.3 Å². The number of amides is 1. The molecule has 0 bridgehead atoms. The van der Waals surface area contributed by atoms with Crippen molar-refractivity contribution in [1.82, 2.24) is 4.90 Å². The molecule has 0 radical (unpaired) electrons. The summed E-state index contributed by atoms with van der Waals surface area (Å²) >= 11 is 8.16. The lowest BCUT2D eigenvalue weighted by Gasteiger charge is -2.13.